The van der Waals surface area contributed by atoms with Crippen LogP contribution in [0.3, 0.4) is 0 Å². The summed E-state index contributed by atoms with van der Waals surface area (Å²) < 4.78 is 27.7. The van der Waals surface area contributed by atoms with Gasteiger partial charge in [0.2, 0.25) is 0 Å². The molecule has 27 heavy (non-hydrogen) atoms. The van der Waals surface area contributed by atoms with Gasteiger partial charge >= 0.3 is 19.3 Å². The number of carbonyl (C=O) groups is 2. The lowest BCUT2D eigenvalue weighted by Gasteiger charge is -2.06. The van der Waals surface area contributed by atoms with Gasteiger partial charge < -0.3 is 14.2 Å². The molecule has 0 radical (unpaired) electrons. The van der Waals surface area contributed by atoms with Crippen LogP contribution in [0.4, 0.5) is 0 Å². The van der Waals surface area contributed by atoms with E-state index >= 15 is 0 Å². The van der Waals surface area contributed by atoms with Crippen molar-refractivity contribution in [3.63, 3.8) is 0 Å². The van der Waals surface area contributed by atoms with Crippen LogP contribution in [-0.2, 0) is 23.6 Å². The van der Waals surface area contributed by atoms with Crippen molar-refractivity contribution in [1.29, 1.82) is 0 Å². The summed E-state index contributed by atoms with van der Waals surface area (Å²) in [7, 11) is -2.05. The maximum atomic E-state index is 12.5. The van der Waals surface area contributed by atoms with Crippen LogP contribution in [0, 0.1) is 20.8 Å². The standard InChI is InChI=1S/C20H30O6P/c1-5-24-8-9-25-10-11-26-18(21)7-6-12-27(23)20(22)19-16(3)13-15(2)14-17(19)4/h13-14H,5-12H2,1-4H3/q+1. The summed E-state index contributed by atoms with van der Waals surface area (Å²) in [6.45, 7) is 9.70. The Morgan fingerprint density at radius 2 is 1.56 bits per heavy atom. The zero-order valence-electron chi connectivity index (χ0n) is 16.7. The highest BCUT2D eigenvalue weighted by atomic mass is 31.1. The fourth-order valence-electron chi connectivity index (χ4n) is 2.76. The van der Waals surface area contributed by atoms with Crippen molar-refractivity contribution in [2.75, 3.05) is 39.2 Å². The van der Waals surface area contributed by atoms with Crippen molar-refractivity contribution in [1.82, 2.24) is 0 Å². The second-order valence-corrected chi connectivity index (χ2v) is 7.92. The van der Waals surface area contributed by atoms with Crippen LogP contribution >= 0.6 is 7.80 Å². The van der Waals surface area contributed by atoms with E-state index in [0.29, 0.717) is 38.4 Å². The maximum absolute atomic E-state index is 12.5. The Balaban J connectivity index is 2.28. The third kappa shape index (κ3) is 8.74. The lowest BCUT2D eigenvalue weighted by molar-refractivity contribution is -0.145. The molecule has 6 nitrogen and oxygen atoms in total. The van der Waals surface area contributed by atoms with Crippen LogP contribution in [0.1, 0.15) is 46.8 Å². The SMILES string of the molecule is CCOCCOCCOC(=O)CCC[P+](=O)C(=O)c1c(C)cc(C)cc1C. The van der Waals surface area contributed by atoms with Gasteiger partial charge in [0.05, 0.1) is 25.4 Å². The Labute approximate surface area is 162 Å². The average molecular weight is 397 g/mol. The Kier molecular flexibility index (Phi) is 11.0. The van der Waals surface area contributed by atoms with Gasteiger partial charge in [0.15, 0.2) is 6.16 Å². The van der Waals surface area contributed by atoms with Crippen LogP contribution in [0.25, 0.3) is 0 Å². The molecule has 0 bridgehead atoms. The summed E-state index contributed by atoms with van der Waals surface area (Å²) >= 11 is 0. The van der Waals surface area contributed by atoms with Crippen molar-refractivity contribution >= 4 is 19.3 Å². The topological polar surface area (TPSA) is 78.9 Å². The quantitative estimate of drug-likeness (QED) is 0.285. The van der Waals surface area contributed by atoms with E-state index in [1.54, 1.807) is 0 Å². The van der Waals surface area contributed by atoms with E-state index < -0.39 is 7.80 Å². The molecule has 0 spiro atoms. The van der Waals surface area contributed by atoms with E-state index in [0.717, 1.165) is 16.7 Å². The summed E-state index contributed by atoms with van der Waals surface area (Å²) in [5, 5.41) is 0. The zero-order valence-corrected chi connectivity index (χ0v) is 17.6. The van der Waals surface area contributed by atoms with Gasteiger partial charge in [0, 0.05) is 19.4 Å². The molecule has 0 aliphatic rings. The predicted molar refractivity (Wildman–Crippen MR) is 105 cm³/mol. The molecule has 0 N–H and O–H groups in total. The molecular formula is C20H30O6P+. The minimum Gasteiger partial charge on any atom is -0.463 e. The van der Waals surface area contributed by atoms with E-state index in [1.807, 2.05) is 39.8 Å². The molecule has 0 saturated carbocycles. The molecule has 0 aliphatic heterocycles. The Bertz CT molecular complexity index is 633. The number of esters is 1. The van der Waals surface area contributed by atoms with Crippen molar-refractivity contribution in [3.8, 4) is 0 Å². The molecular weight excluding hydrogens is 367 g/mol. The largest absolute Gasteiger partial charge is 0.463 e. The number of hydrogen-bond acceptors (Lipinski definition) is 6. The van der Waals surface area contributed by atoms with E-state index in [2.05, 4.69) is 0 Å². The second kappa shape index (κ2) is 12.7. The van der Waals surface area contributed by atoms with Gasteiger partial charge in [-0.1, -0.05) is 22.3 Å². The maximum Gasteiger partial charge on any atom is 0.420 e. The summed E-state index contributed by atoms with van der Waals surface area (Å²) in [6.07, 6.45) is 0.676. The third-order valence-corrected chi connectivity index (χ3v) is 5.33. The first-order chi connectivity index (χ1) is 12.9. The molecule has 0 amide bonds. The first-order valence-corrected chi connectivity index (χ1v) is 10.7. The number of ether oxygens (including phenoxy) is 3. The summed E-state index contributed by atoms with van der Waals surface area (Å²) in [4.78, 5) is 24.1. The fourth-order valence-corrected chi connectivity index (χ4v) is 4.01. The van der Waals surface area contributed by atoms with E-state index in [4.69, 9.17) is 14.2 Å². The minimum atomic E-state index is -2.05. The lowest BCUT2D eigenvalue weighted by atomic mass is 10.0. The normalized spacial score (nSPS) is 11.3. The molecule has 7 heteroatoms. The zero-order chi connectivity index (χ0) is 20.2. The predicted octanol–water partition coefficient (Wildman–Crippen LogP) is 3.96. The summed E-state index contributed by atoms with van der Waals surface area (Å²) in [6, 6.07) is 3.83. The smallest absolute Gasteiger partial charge is 0.420 e. The summed E-state index contributed by atoms with van der Waals surface area (Å²) in [5.41, 5.74) is 2.94. The third-order valence-electron chi connectivity index (χ3n) is 3.93. The molecule has 0 heterocycles. The van der Waals surface area contributed by atoms with Crippen LogP contribution < -0.4 is 0 Å². The molecule has 150 valence electrons. The molecule has 1 unspecified atom stereocenters. The fraction of sp³-hybridized carbons (Fsp3) is 0.600. The number of benzene rings is 1. The van der Waals surface area contributed by atoms with Gasteiger partial charge in [-0.2, -0.15) is 0 Å². The van der Waals surface area contributed by atoms with Crippen molar-refractivity contribution in [2.24, 2.45) is 0 Å². The Morgan fingerprint density at radius 3 is 2.19 bits per heavy atom. The summed E-state index contributed by atoms with van der Waals surface area (Å²) in [5.74, 6) is -0.373. The average Bonchev–Trinajstić information content (AvgIpc) is 2.59. The monoisotopic (exact) mass is 397 g/mol. The van der Waals surface area contributed by atoms with Gasteiger partial charge in [-0.3, -0.25) is 4.79 Å². The van der Waals surface area contributed by atoms with Crippen molar-refractivity contribution < 1.29 is 28.4 Å². The second-order valence-electron chi connectivity index (χ2n) is 6.31. The van der Waals surface area contributed by atoms with Gasteiger partial charge in [0.25, 0.3) is 0 Å². The Hall–Kier alpha value is -1.62. The number of aryl methyl sites for hydroxylation is 3. The molecule has 1 aromatic rings. The van der Waals surface area contributed by atoms with Crippen LogP contribution in [-0.4, -0.2) is 50.7 Å². The molecule has 0 aromatic heterocycles. The molecule has 0 saturated heterocycles. The van der Waals surface area contributed by atoms with E-state index in [9.17, 15) is 14.2 Å². The minimum absolute atomic E-state index is 0.138. The first-order valence-electron chi connectivity index (χ1n) is 9.24. The highest BCUT2D eigenvalue weighted by Gasteiger charge is 2.32. The Morgan fingerprint density at radius 1 is 0.963 bits per heavy atom. The van der Waals surface area contributed by atoms with Gasteiger partial charge in [-0.05, 0) is 38.8 Å². The van der Waals surface area contributed by atoms with Crippen LogP contribution in [0.2, 0.25) is 0 Å². The van der Waals surface area contributed by atoms with Crippen molar-refractivity contribution in [2.45, 2.75) is 40.5 Å². The molecule has 1 atom stereocenters. The van der Waals surface area contributed by atoms with E-state index in [1.165, 1.54) is 0 Å². The van der Waals surface area contributed by atoms with Crippen LogP contribution in [0.5, 0.6) is 0 Å². The van der Waals surface area contributed by atoms with E-state index in [-0.39, 0.29) is 30.7 Å². The number of hydrogen-bond donors (Lipinski definition) is 0. The molecule has 0 aliphatic carbocycles. The van der Waals surface area contributed by atoms with Crippen molar-refractivity contribution in [3.05, 3.63) is 34.4 Å². The molecule has 0 fully saturated rings. The van der Waals surface area contributed by atoms with Gasteiger partial charge in [-0.15, -0.1) is 0 Å². The molecule has 1 rings (SSSR count). The highest BCUT2D eigenvalue weighted by molar-refractivity contribution is 7.64. The van der Waals surface area contributed by atoms with Gasteiger partial charge in [0.1, 0.15) is 6.61 Å². The van der Waals surface area contributed by atoms with Gasteiger partial charge in [-0.25, -0.2) is 4.79 Å². The first kappa shape index (κ1) is 23.4. The molecule has 1 aromatic carbocycles. The highest BCUT2D eigenvalue weighted by Crippen LogP contribution is 2.31. The lowest BCUT2D eigenvalue weighted by Crippen LogP contribution is -2.13. The van der Waals surface area contributed by atoms with Crippen LogP contribution in [0.15, 0.2) is 12.1 Å². The number of rotatable bonds is 13. The number of carbonyl (C=O) groups excluding carboxylic acids is 2.